The van der Waals surface area contributed by atoms with Crippen LogP contribution in [0.3, 0.4) is 0 Å². The molecule has 2 rings (SSSR count). The molecule has 1 aliphatic carbocycles. The molecule has 1 saturated heterocycles. The number of morpholine rings is 1. The summed E-state index contributed by atoms with van der Waals surface area (Å²) >= 11 is 0. The molecule has 3 unspecified atom stereocenters. The van der Waals surface area contributed by atoms with Crippen molar-refractivity contribution in [3.63, 3.8) is 0 Å². The lowest BCUT2D eigenvalue weighted by atomic mass is 9.62. The monoisotopic (exact) mass is 239 g/mol. The van der Waals surface area contributed by atoms with Gasteiger partial charge in [0.15, 0.2) is 0 Å². The first-order valence-electron chi connectivity index (χ1n) is 7.35. The molecule has 0 amide bonds. The van der Waals surface area contributed by atoms with Gasteiger partial charge in [0.2, 0.25) is 0 Å². The SMILES string of the molecule is CCCC1NCCOC12CC(C)CC(C)(C)C2. The molecule has 0 aromatic heterocycles. The summed E-state index contributed by atoms with van der Waals surface area (Å²) < 4.78 is 6.32. The van der Waals surface area contributed by atoms with Gasteiger partial charge in [-0.3, -0.25) is 0 Å². The van der Waals surface area contributed by atoms with Gasteiger partial charge >= 0.3 is 0 Å². The molecule has 100 valence electrons. The van der Waals surface area contributed by atoms with E-state index in [9.17, 15) is 0 Å². The third-order valence-electron chi connectivity index (χ3n) is 4.47. The zero-order valence-electron chi connectivity index (χ0n) is 12.0. The predicted molar refractivity (Wildman–Crippen MR) is 72.2 cm³/mol. The van der Waals surface area contributed by atoms with Crippen molar-refractivity contribution >= 4 is 0 Å². The van der Waals surface area contributed by atoms with E-state index in [1.165, 1.54) is 32.1 Å². The molecule has 1 saturated carbocycles. The van der Waals surface area contributed by atoms with E-state index in [-0.39, 0.29) is 5.60 Å². The first-order valence-corrected chi connectivity index (χ1v) is 7.35. The largest absolute Gasteiger partial charge is 0.372 e. The summed E-state index contributed by atoms with van der Waals surface area (Å²) in [5, 5.41) is 3.71. The summed E-state index contributed by atoms with van der Waals surface area (Å²) in [6.45, 7) is 11.4. The lowest BCUT2D eigenvalue weighted by molar-refractivity contribution is -0.152. The van der Waals surface area contributed by atoms with E-state index >= 15 is 0 Å². The van der Waals surface area contributed by atoms with Gasteiger partial charge in [-0.25, -0.2) is 0 Å². The molecule has 0 aromatic carbocycles. The first kappa shape index (κ1) is 13.4. The lowest BCUT2D eigenvalue weighted by Crippen LogP contribution is -2.61. The highest BCUT2D eigenvalue weighted by atomic mass is 16.5. The molecule has 1 spiro atoms. The van der Waals surface area contributed by atoms with Crippen LogP contribution in [0.2, 0.25) is 0 Å². The standard InChI is InChI=1S/C15H29NO/c1-5-6-13-15(17-8-7-16-13)10-12(2)9-14(3,4)11-15/h12-13,16H,5-11H2,1-4H3. The average molecular weight is 239 g/mol. The lowest BCUT2D eigenvalue weighted by Gasteiger charge is -2.53. The van der Waals surface area contributed by atoms with Crippen LogP contribution in [-0.4, -0.2) is 24.8 Å². The highest BCUT2D eigenvalue weighted by Crippen LogP contribution is 2.48. The molecule has 0 radical (unpaired) electrons. The zero-order chi connectivity index (χ0) is 12.5. The van der Waals surface area contributed by atoms with Crippen LogP contribution in [0.25, 0.3) is 0 Å². The second-order valence-corrected chi connectivity index (χ2v) is 7.06. The highest BCUT2D eigenvalue weighted by Gasteiger charge is 2.49. The van der Waals surface area contributed by atoms with Crippen molar-refractivity contribution in [2.45, 2.75) is 71.4 Å². The normalized spacial score (nSPS) is 41.6. The van der Waals surface area contributed by atoms with Crippen LogP contribution in [0.4, 0.5) is 0 Å². The molecule has 2 nitrogen and oxygen atoms in total. The van der Waals surface area contributed by atoms with Gasteiger partial charge in [-0.1, -0.05) is 34.1 Å². The van der Waals surface area contributed by atoms with E-state index < -0.39 is 0 Å². The predicted octanol–water partition coefficient (Wildman–Crippen LogP) is 3.36. The molecule has 2 fully saturated rings. The van der Waals surface area contributed by atoms with Crippen molar-refractivity contribution in [3.8, 4) is 0 Å². The second kappa shape index (κ2) is 4.89. The van der Waals surface area contributed by atoms with Crippen molar-refractivity contribution in [1.29, 1.82) is 0 Å². The Hall–Kier alpha value is -0.0800. The molecule has 0 bridgehead atoms. The summed E-state index contributed by atoms with van der Waals surface area (Å²) in [5.74, 6) is 0.790. The molecular weight excluding hydrogens is 210 g/mol. The third kappa shape index (κ3) is 2.85. The zero-order valence-corrected chi connectivity index (χ0v) is 12.0. The van der Waals surface area contributed by atoms with Crippen LogP contribution in [0.1, 0.15) is 59.8 Å². The van der Waals surface area contributed by atoms with Crippen molar-refractivity contribution in [3.05, 3.63) is 0 Å². The summed E-state index contributed by atoms with van der Waals surface area (Å²) in [7, 11) is 0. The minimum Gasteiger partial charge on any atom is -0.372 e. The van der Waals surface area contributed by atoms with Crippen LogP contribution in [0.5, 0.6) is 0 Å². The Balaban J connectivity index is 2.18. The van der Waals surface area contributed by atoms with E-state index in [2.05, 4.69) is 33.0 Å². The maximum atomic E-state index is 6.32. The van der Waals surface area contributed by atoms with E-state index in [1.807, 2.05) is 0 Å². The van der Waals surface area contributed by atoms with Crippen molar-refractivity contribution in [2.75, 3.05) is 13.2 Å². The maximum Gasteiger partial charge on any atom is 0.0843 e. The Labute approximate surface area is 107 Å². The fraction of sp³-hybridized carbons (Fsp3) is 1.00. The molecule has 0 aromatic rings. The topological polar surface area (TPSA) is 21.3 Å². The molecule has 1 aliphatic heterocycles. The van der Waals surface area contributed by atoms with Gasteiger partial charge in [-0.2, -0.15) is 0 Å². The Kier molecular flexibility index (Phi) is 3.84. The molecular formula is C15H29NO. The summed E-state index contributed by atoms with van der Waals surface area (Å²) in [6, 6.07) is 0.572. The van der Waals surface area contributed by atoms with E-state index in [1.54, 1.807) is 0 Å². The van der Waals surface area contributed by atoms with Gasteiger partial charge in [0, 0.05) is 12.6 Å². The Morgan fingerprint density at radius 2 is 2.06 bits per heavy atom. The maximum absolute atomic E-state index is 6.32. The van der Waals surface area contributed by atoms with E-state index in [0.717, 1.165) is 19.1 Å². The van der Waals surface area contributed by atoms with Crippen LogP contribution in [-0.2, 0) is 4.74 Å². The van der Waals surface area contributed by atoms with Gasteiger partial charge in [0.1, 0.15) is 0 Å². The quantitative estimate of drug-likeness (QED) is 0.798. The Morgan fingerprint density at radius 3 is 2.71 bits per heavy atom. The molecule has 3 atom stereocenters. The number of hydrogen-bond acceptors (Lipinski definition) is 2. The Morgan fingerprint density at radius 1 is 1.29 bits per heavy atom. The van der Waals surface area contributed by atoms with Crippen LogP contribution in [0.15, 0.2) is 0 Å². The van der Waals surface area contributed by atoms with Gasteiger partial charge in [-0.15, -0.1) is 0 Å². The highest BCUT2D eigenvalue weighted by molar-refractivity contribution is 5.03. The Bertz CT molecular complexity index is 262. The molecule has 2 aliphatic rings. The average Bonchev–Trinajstić information content (AvgIpc) is 2.18. The smallest absolute Gasteiger partial charge is 0.0843 e. The van der Waals surface area contributed by atoms with Crippen molar-refractivity contribution < 1.29 is 4.74 Å². The van der Waals surface area contributed by atoms with Crippen LogP contribution in [0, 0.1) is 11.3 Å². The third-order valence-corrected chi connectivity index (χ3v) is 4.47. The number of ether oxygens (including phenoxy) is 1. The number of hydrogen-bond donors (Lipinski definition) is 1. The molecule has 17 heavy (non-hydrogen) atoms. The summed E-state index contributed by atoms with van der Waals surface area (Å²) in [5.41, 5.74) is 0.554. The minimum atomic E-state index is 0.120. The minimum absolute atomic E-state index is 0.120. The van der Waals surface area contributed by atoms with Gasteiger partial charge in [0.05, 0.1) is 12.2 Å². The van der Waals surface area contributed by atoms with Crippen LogP contribution < -0.4 is 5.32 Å². The summed E-state index contributed by atoms with van der Waals surface area (Å²) in [6.07, 6.45) is 6.31. The second-order valence-electron chi connectivity index (χ2n) is 7.06. The van der Waals surface area contributed by atoms with E-state index in [4.69, 9.17) is 4.74 Å². The van der Waals surface area contributed by atoms with Crippen LogP contribution >= 0.6 is 0 Å². The number of rotatable bonds is 2. The first-order chi connectivity index (χ1) is 7.97. The number of nitrogens with one attached hydrogen (secondary N) is 1. The van der Waals surface area contributed by atoms with Gasteiger partial charge < -0.3 is 10.1 Å². The van der Waals surface area contributed by atoms with Crippen molar-refractivity contribution in [1.82, 2.24) is 5.32 Å². The fourth-order valence-electron chi connectivity index (χ4n) is 4.36. The van der Waals surface area contributed by atoms with Crippen molar-refractivity contribution in [2.24, 2.45) is 11.3 Å². The molecule has 2 heteroatoms. The van der Waals surface area contributed by atoms with E-state index in [0.29, 0.717) is 11.5 Å². The van der Waals surface area contributed by atoms with Gasteiger partial charge in [-0.05, 0) is 37.0 Å². The fourth-order valence-corrected chi connectivity index (χ4v) is 4.36. The molecule has 1 N–H and O–H groups in total. The molecule has 1 heterocycles. The summed E-state index contributed by atoms with van der Waals surface area (Å²) in [4.78, 5) is 0. The van der Waals surface area contributed by atoms with Gasteiger partial charge in [0.25, 0.3) is 0 Å².